The highest BCUT2D eigenvalue weighted by Gasteiger charge is 2.38. The van der Waals surface area contributed by atoms with E-state index in [4.69, 9.17) is 11.6 Å². The Morgan fingerprint density at radius 1 is 1.00 bits per heavy atom. The molecule has 10 heteroatoms. The fraction of sp³-hybridized carbons (Fsp3) is 0.118. The summed E-state index contributed by atoms with van der Waals surface area (Å²) in [5, 5.41) is 4.52. The van der Waals surface area contributed by atoms with Gasteiger partial charge in [-0.1, -0.05) is 27.5 Å². The molecule has 0 radical (unpaired) electrons. The first-order valence-electron chi connectivity index (χ1n) is 7.30. The fourth-order valence-corrected chi connectivity index (χ4v) is 2.37. The smallest absolute Gasteiger partial charge is 0.325 e. The minimum atomic E-state index is -5.02. The van der Waals surface area contributed by atoms with Gasteiger partial charge in [0, 0.05) is 21.8 Å². The number of carbonyl (C=O) groups excluding carboxylic acids is 3. The number of rotatable bonds is 5. The molecule has 0 saturated carbocycles. The van der Waals surface area contributed by atoms with Gasteiger partial charge in [0.25, 0.3) is 0 Å². The lowest BCUT2D eigenvalue weighted by atomic mass is 10.0. The maximum atomic E-state index is 12.7. The van der Waals surface area contributed by atoms with Crippen molar-refractivity contribution in [3.8, 4) is 0 Å². The van der Waals surface area contributed by atoms with Crippen molar-refractivity contribution < 1.29 is 27.6 Å². The zero-order chi connectivity index (χ0) is 20.2. The maximum Gasteiger partial charge on any atom is 0.471 e. The molecule has 2 aromatic carbocycles. The van der Waals surface area contributed by atoms with Crippen LogP contribution in [-0.2, 0) is 9.59 Å². The molecule has 0 heterocycles. The molecule has 27 heavy (non-hydrogen) atoms. The molecule has 2 N–H and O–H groups in total. The van der Waals surface area contributed by atoms with Crippen molar-refractivity contribution in [1.82, 2.24) is 0 Å². The summed E-state index contributed by atoms with van der Waals surface area (Å²) in [6, 6.07) is 9.17. The minimum absolute atomic E-state index is 0.0247. The van der Waals surface area contributed by atoms with E-state index >= 15 is 0 Å². The first-order valence-corrected chi connectivity index (χ1v) is 8.80. The van der Waals surface area contributed by atoms with Crippen molar-refractivity contribution in [2.75, 3.05) is 16.0 Å². The SMILES string of the molecule is O=C(CBr)Nc1ccc(Cl)cc1C(=O)c1ccc(NC(=O)C(F)(F)F)cc1. The first kappa shape index (κ1) is 20.9. The molecule has 5 nitrogen and oxygen atoms in total. The summed E-state index contributed by atoms with van der Waals surface area (Å²) >= 11 is 8.91. The first-order chi connectivity index (χ1) is 12.6. The molecule has 0 saturated heterocycles. The molecule has 2 aromatic rings. The number of amides is 2. The Bertz CT molecular complexity index is 886. The Labute approximate surface area is 165 Å². The van der Waals surface area contributed by atoms with Gasteiger partial charge < -0.3 is 10.6 Å². The van der Waals surface area contributed by atoms with E-state index in [1.165, 1.54) is 30.3 Å². The average molecular weight is 464 g/mol. The third-order valence-corrected chi connectivity index (χ3v) is 4.03. The van der Waals surface area contributed by atoms with Crippen molar-refractivity contribution in [2.45, 2.75) is 6.18 Å². The van der Waals surface area contributed by atoms with E-state index in [9.17, 15) is 27.6 Å². The van der Waals surface area contributed by atoms with E-state index in [0.717, 1.165) is 12.1 Å². The largest absolute Gasteiger partial charge is 0.471 e. The Morgan fingerprint density at radius 3 is 2.19 bits per heavy atom. The van der Waals surface area contributed by atoms with E-state index < -0.39 is 17.9 Å². The molecule has 142 valence electrons. The molecule has 2 amide bonds. The van der Waals surface area contributed by atoms with E-state index in [0.29, 0.717) is 0 Å². The third kappa shape index (κ3) is 5.54. The predicted octanol–water partition coefficient (Wildman–Crippen LogP) is 4.41. The van der Waals surface area contributed by atoms with Gasteiger partial charge in [-0.3, -0.25) is 14.4 Å². The van der Waals surface area contributed by atoms with Crippen LogP contribution in [0.4, 0.5) is 24.5 Å². The quantitative estimate of drug-likeness (QED) is 0.510. The van der Waals surface area contributed by atoms with Crippen molar-refractivity contribution >= 4 is 56.5 Å². The van der Waals surface area contributed by atoms with Crippen LogP contribution < -0.4 is 10.6 Å². The lowest BCUT2D eigenvalue weighted by molar-refractivity contribution is -0.167. The van der Waals surface area contributed by atoms with E-state index in [1.54, 1.807) is 5.32 Å². The Kier molecular flexibility index (Phi) is 6.61. The van der Waals surface area contributed by atoms with E-state index in [1.807, 2.05) is 0 Å². The highest BCUT2D eigenvalue weighted by atomic mass is 79.9. The van der Waals surface area contributed by atoms with Gasteiger partial charge >= 0.3 is 12.1 Å². The molecular weight excluding hydrogens is 453 g/mol. The van der Waals surface area contributed by atoms with Crippen LogP contribution >= 0.6 is 27.5 Å². The van der Waals surface area contributed by atoms with E-state index in [-0.39, 0.29) is 38.8 Å². The number of anilines is 2. The Balaban J connectivity index is 2.26. The number of ketones is 1. The van der Waals surface area contributed by atoms with Crippen molar-refractivity contribution in [1.29, 1.82) is 0 Å². The molecule has 0 spiro atoms. The van der Waals surface area contributed by atoms with Crippen LogP contribution in [0, 0.1) is 0 Å². The van der Waals surface area contributed by atoms with Gasteiger partial charge in [0.2, 0.25) is 5.91 Å². The van der Waals surface area contributed by atoms with Gasteiger partial charge in [-0.15, -0.1) is 0 Å². The number of alkyl halides is 4. The summed E-state index contributed by atoms with van der Waals surface area (Å²) in [5.74, 6) is -3.00. The summed E-state index contributed by atoms with van der Waals surface area (Å²) in [6.45, 7) is 0. The number of hydrogen-bond acceptors (Lipinski definition) is 3. The zero-order valence-electron chi connectivity index (χ0n) is 13.4. The van der Waals surface area contributed by atoms with Crippen LogP contribution in [-0.4, -0.2) is 29.1 Å². The normalized spacial score (nSPS) is 11.0. The number of carbonyl (C=O) groups is 3. The topological polar surface area (TPSA) is 75.3 Å². The average Bonchev–Trinajstić information content (AvgIpc) is 2.62. The van der Waals surface area contributed by atoms with Crippen molar-refractivity contribution in [3.63, 3.8) is 0 Å². The van der Waals surface area contributed by atoms with Gasteiger partial charge in [-0.05, 0) is 42.5 Å². The van der Waals surface area contributed by atoms with Crippen LogP contribution in [0.5, 0.6) is 0 Å². The molecule has 0 aliphatic heterocycles. The molecule has 0 atom stereocenters. The van der Waals surface area contributed by atoms with Crippen LogP contribution in [0.15, 0.2) is 42.5 Å². The van der Waals surface area contributed by atoms with Crippen LogP contribution in [0.2, 0.25) is 5.02 Å². The predicted molar refractivity (Wildman–Crippen MR) is 98.4 cm³/mol. The number of halogens is 5. The molecular formula is C17H11BrClF3N2O3. The maximum absolute atomic E-state index is 12.7. The molecule has 0 aliphatic rings. The van der Waals surface area contributed by atoms with Gasteiger partial charge in [-0.25, -0.2) is 0 Å². The fourth-order valence-electron chi connectivity index (χ4n) is 2.06. The molecule has 0 fully saturated rings. The second-order valence-electron chi connectivity index (χ2n) is 5.23. The molecule has 2 rings (SSSR count). The summed E-state index contributed by atoms with van der Waals surface area (Å²) in [4.78, 5) is 35.2. The third-order valence-electron chi connectivity index (χ3n) is 3.28. The summed E-state index contributed by atoms with van der Waals surface area (Å²) in [6.07, 6.45) is -5.02. The van der Waals surface area contributed by atoms with E-state index in [2.05, 4.69) is 21.2 Å². The van der Waals surface area contributed by atoms with Crippen molar-refractivity contribution in [3.05, 3.63) is 58.6 Å². The monoisotopic (exact) mass is 462 g/mol. The highest BCUT2D eigenvalue weighted by Crippen LogP contribution is 2.25. The Hall–Kier alpha value is -2.39. The summed E-state index contributed by atoms with van der Waals surface area (Å²) in [7, 11) is 0. The van der Waals surface area contributed by atoms with Crippen LogP contribution in [0.1, 0.15) is 15.9 Å². The Morgan fingerprint density at radius 2 is 1.63 bits per heavy atom. The molecule has 0 unspecified atom stereocenters. The second-order valence-corrected chi connectivity index (χ2v) is 6.23. The summed E-state index contributed by atoms with van der Waals surface area (Å²) in [5.41, 5.74) is 0.372. The molecule has 0 aromatic heterocycles. The molecule has 0 aliphatic carbocycles. The number of nitrogens with one attached hydrogen (secondary N) is 2. The number of hydrogen-bond donors (Lipinski definition) is 2. The second kappa shape index (κ2) is 8.53. The number of benzene rings is 2. The summed E-state index contributed by atoms with van der Waals surface area (Å²) < 4.78 is 36.8. The van der Waals surface area contributed by atoms with Gasteiger partial charge in [-0.2, -0.15) is 13.2 Å². The molecule has 0 bridgehead atoms. The van der Waals surface area contributed by atoms with Gasteiger partial charge in [0.05, 0.1) is 11.0 Å². The zero-order valence-corrected chi connectivity index (χ0v) is 15.7. The van der Waals surface area contributed by atoms with Gasteiger partial charge in [0.15, 0.2) is 5.78 Å². The lowest BCUT2D eigenvalue weighted by Gasteiger charge is -2.11. The minimum Gasteiger partial charge on any atom is -0.325 e. The van der Waals surface area contributed by atoms with Gasteiger partial charge in [0.1, 0.15) is 0 Å². The highest BCUT2D eigenvalue weighted by molar-refractivity contribution is 9.09. The van der Waals surface area contributed by atoms with Crippen LogP contribution in [0.25, 0.3) is 0 Å². The standard InChI is InChI=1S/C17H11BrClF3N2O3/c18-8-14(25)24-13-6-3-10(19)7-12(13)15(26)9-1-4-11(5-2-9)23-16(27)17(20,21)22/h1-7H,8H2,(H,23,27)(H,24,25). The van der Waals surface area contributed by atoms with Crippen LogP contribution in [0.3, 0.4) is 0 Å². The lowest BCUT2D eigenvalue weighted by Crippen LogP contribution is -2.29. The van der Waals surface area contributed by atoms with Crippen molar-refractivity contribution in [2.24, 2.45) is 0 Å².